The highest BCUT2D eigenvalue weighted by Gasteiger charge is 2.04. The van der Waals surface area contributed by atoms with Crippen LogP contribution in [-0.4, -0.2) is 12.5 Å². The molecule has 15 heavy (non-hydrogen) atoms. The molecular weight excluding hydrogens is 188 g/mol. The van der Waals surface area contributed by atoms with Crippen LogP contribution >= 0.6 is 0 Å². The molecule has 0 aromatic heterocycles. The van der Waals surface area contributed by atoms with Gasteiger partial charge in [-0.2, -0.15) is 0 Å². The number of anilines is 1. The van der Waals surface area contributed by atoms with Gasteiger partial charge in [0.25, 0.3) is 0 Å². The van der Waals surface area contributed by atoms with Crippen LogP contribution in [0.2, 0.25) is 0 Å². The molecule has 0 atom stereocenters. The summed E-state index contributed by atoms with van der Waals surface area (Å²) in [6, 6.07) is 6.17. The van der Waals surface area contributed by atoms with E-state index in [1.54, 1.807) is 0 Å². The van der Waals surface area contributed by atoms with Crippen LogP contribution in [0.4, 0.5) is 5.69 Å². The van der Waals surface area contributed by atoms with E-state index in [1.807, 2.05) is 6.07 Å². The Bertz CT molecular complexity index is 347. The van der Waals surface area contributed by atoms with Crippen LogP contribution in [0.25, 0.3) is 0 Å². The standard InChI is InChI=1S/C12H18N2O/c1-3-9-5-6-10(4-2)11(7-9)14-12(15)8-13/h5-7H,3-4,8,13H2,1-2H3,(H,14,15). The summed E-state index contributed by atoms with van der Waals surface area (Å²) in [7, 11) is 0. The predicted molar refractivity (Wildman–Crippen MR) is 62.9 cm³/mol. The first-order chi connectivity index (χ1) is 7.21. The summed E-state index contributed by atoms with van der Waals surface area (Å²) in [5.74, 6) is -0.141. The summed E-state index contributed by atoms with van der Waals surface area (Å²) in [6.45, 7) is 4.19. The van der Waals surface area contributed by atoms with Crippen LogP contribution in [0, 0.1) is 0 Å². The van der Waals surface area contributed by atoms with Gasteiger partial charge in [0.1, 0.15) is 0 Å². The molecule has 3 nitrogen and oxygen atoms in total. The van der Waals surface area contributed by atoms with E-state index in [2.05, 4.69) is 31.3 Å². The van der Waals surface area contributed by atoms with Crippen LogP contribution < -0.4 is 11.1 Å². The molecule has 0 fully saturated rings. The Morgan fingerprint density at radius 2 is 2.07 bits per heavy atom. The van der Waals surface area contributed by atoms with Gasteiger partial charge >= 0.3 is 0 Å². The van der Waals surface area contributed by atoms with Gasteiger partial charge in [0.15, 0.2) is 0 Å². The third-order valence-electron chi connectivity index (χ3n) is 2.42. The molecule has 82 valence electrons. The molecule has 0 saturated heterocycles. The quantitative estimate of drug-likeness (QED) is 0.788. The molecular formula is C12H18N2O. The summed E-state index contributed by atoms with van der Waals surface area (Å²) in [6.07, 6.45) is 1.87. The zero-order valence-corrected chi connectivity index (χ0v) is 9.34. The maximum atomic E-state index is 11.2. The third-order valence-corrected chi connectivity index (χ3v) is 2.42. The summed E-state index contributed by atoms with van der Waals surface area (Å²) in [5.41, 5.74) is 8.53. The van der Waals surface area contributed by atoms with Crippen LogP contribution in [0.5, 0.6) is 0 Å². The van der Waals surface area contributed by atoms with Crippen molar-refractivity contribution in [3.8, 4) is 0 Å². The fourth-order valence-corrected chi connectivity index (χ4v) is 1.47. The van der Waals surface area contributed by atoms with Crippen molar-refractivity contribution < 1.29 is 4.79 Å². The molecule has 0 spiro atoms. The minimum atomic E-state index is -0.141. The van der Waals surface area contributed by atoms with Crippen molar-refractivity contribution in [2.24, 2.45) is 5.73 Å². The number of rotatable bonds is 4. The number of amides is 1. The molecule has 0 aliphatic heterocycles. The lowest BCUT2D eigenvalue weighted by Gasteiger charge is -2.10. The minimum absolute atomic E-state index is 0.0273. The lowest BCUT2D eigenvalue weighted by Crippen LogP contribution is -2.22. The van der Waals surface area contributed by atoms with Gasteiger partial charge in [-0.3, -0.25) is 4.79 Å². The lowest BCUT2D eigenvalue weighted by molar-refractivity contribution is -0.114. The van der Waals surface area contributed by atoms with E-state index in [0.29, 0.717) is 0 Å². The zero-order valence-electron chi connectivity index (χ0n) is 9.34. The maximum absolute atomic E-state index is 11.2. The zero-order chi connectivity index (χ0) is 11.3. The largest absolute Gasteiger partial charge is 0.325 e. The molecule has 1 aromatic carbocycles. The van der Waals surface area contributed by atoms with Gasteiger partial charge in [0.05, 0.1) is 6.54 Å². The number of carbonyl (C=O) groups excluding carboxylic acids is 1. The number of hydrogen-bond donors (Lipinski definition) is 2. The number of nitrogens with one attached hydrogen (secondary N) is 1. The van der Waals surface area contributed by atoms with Crippen molar-refractivity contribution in [2.45, 2.75) is 26.7 Å². The second-order valence-electron chi connectivity index (χ2n) is 3.45. The molecule has 1 aromatic rings. The van der Waals surface area contributed by atoms with Gasteiger partial charge in [-0.15, -0.1) is 0 Å². The molecule has 3 heteroatoms. The third kappa shape index (κ3) is 3.06. The fourth-order valence-electron chi connectivity index (χ4n) is 1.47. The summed E-state index contributed by atoms with van der Waals surface area (Å²) in [4.78, 5) is 11.2. The number of benzene rings is 1. The second-order valence-corrected chi connectivity index (χ2v) is 3.45. The SMILES string of the molecule is CCc1ccc(CC)c(NC(=O)CN)c1. The Balaban J connectivity index is 2.95. The van der Waals surface area contributed by atoms with Crippen molar-refractivity contribution in [2.75, 3.05) is 11.9 Å². The fraction of sp³-hybridized carbons (Fsp3) is 0.417. The van der Waals surface area contributed by atoms with Gasteiger partial charge in [-0.1, -0.05) is 26.0 Å². The molecule has 0 saturated carbocycles. The molecule has 0 aliphatic carbocycles. The first-order valence-corrected chi connectivity index (χ1v) is 5.33. The Morgan fingerprint density at radius 3 is 2.60 bits per heavy atom. The van der Waals surface area contributed by atoms with Crippen molar-refractivity contribution in [3.63, 3.8) is 0 Å². The molecule has 0 radical (unpaired) electrons. The topological polar surface area (TPSA) is 55.1 Å². The van der Waals surface area contributed by atoms with Gasteiger partial charge in [0.2, 0.25) is 5.91 Å². The van der Waals surface area contributed by atoms with Crippen molar-refractivity contribution in [1.82, 2.24) is 0 Å². The summed E-state index contributed by atoms with van der Waals surface area (Å²) >= 11 is 0. The van der Waals surface area contributed by atoms with E-state index >= 15 is 0 Å². The maximum Gasteiger partial charge on any atom is 0.238 e. The van der Waals surface area contributed by atoms with Crippen molar-refractivity contribution in [3.05, 3.63) is 29.3 Å². The highest BCUT2D eigenvalue weighted by molar-refractivity contribution is 5.92. The summed E-state index contributed by atoms with van der Waals surface area (Å²) in [5, 5.41) is 2.82. The van der Waals surface area contributed by atoms with Crippen LogP contribution in [0.1, 0.15) is 25.0 Å². The van der Waals surface area contributed by atoms with E-state index in [9.17, 15) is 4.79 Å². The molecule has 0 unspecified atom stereocenters. The number of carbonyl (C=O) groups is 1. The van der Waals surface area contributed by atoms with E-state index in [-0.39, 0.29) is 12.5 Å². The second kappa shape index (κ2) is 5.51. The average molecular weight is 206 g/mol. The Hall–Kier alpha value is -1.35. The molecule has 0 heterocycles. The molecule has 3 N–H and O–H groups in total. The Kier molecular flexibility index (Phi) is 4.31. The van der Waals surface area contributed by atoms with E-state index < -0.39 is 0 Å². The summed E-state index contributed by atoms with van der Waals surface area (Å²) < 4.78 is 0. The van der Waals surface area contributed by atoms with Crippen molar-refractivity contribution >= 4 is 11.6 Å². The molecule has 0 bridgehead atoms. The van der Waals surface area contributed by atoms with Gasteiger partial charge < -0.3 is 11.1 Å². The first kappa shape index (κ1) is 11.7. The van der Waals surface area contributed by atoms with Crippen molar-refractivity contribution in [1.29, 1.82) is 0 Å². The molecule has 1 amide bonds. The molecule has 0 aliphatic rings. The normalized spacial score (nSPS) is 10.1. The number of hydrogen-bond acceptors (Lipinski definition) is 2. The highest BCUT2D eigenvalue weighted by atomic mass is 16.1. The monoisotopic (exact) mass is 206 g/mol. The van der Waals surface area contributed by atoms with Crippen LogP contribution in [0.3, 0.4) is 0 Å². The molecule has 1 rings (SSSR count). The first-order valence-electron chi connectivity index (χ1n) is 5.33. The minimum Gasteiger partial charge on any atom is -0.325 e. The predicted octanol–water partition coefficient (Wildman–Crippen LogP) is 1.71. The van der Waals surface area contributed by atoms with E-state index in [0.717, 1.165) is 24.1 Å². The van der Waals surface area contributed by atoms with Gasteiger partial charge in [-0.05, 0) is 30.0 Å². The number of aryl methyl sites for hydroxylation is 2. The van der Waals surface area contributed by atoms with E-state index in [1.165, 1.54) is 5.56 Å². The average Bonchev–Trinajstić information content (AvgIpc) is 2.28. The smallest absolute Gasteiger partial charge is 0.238 e. The van der Waals surface area contributed by atoms with Gasteiger partial charge in [0, 0.05) is 5.69 Å². The van der Waals surface area contributed by atoms with E-state index in [4.69, 9.17) is 5.73 Å². The van der Waals surface area contributed by atoms with Gasteiger partial charge in [-0.25, -0.2) is 0 Å². The van der Waals surface area contributed by atoms with Crippen LogP contribution in [-0.2, 0) is 17.6 Å². The Labute approximate surface area is 90.7 Å². The highest BCUT2D eigenvalue weighted by Crippen LogP contribution is 2.18. The Morgan fingerprint density at radius 1 is 1.33 bits per heavy atom. The van der Waals surface area contributed by atoms with Crippen LogP contribution in [0.15, 0.2) is 18.2 Å². The number of nitrogens with two attached hydrogens (primary N) is 1. The lowest BCUT2D eigenvalue weighted by atomic mass is 10.1.